The lowest BCUT2D eigenvalue weighted by Gasteiger charge is -2.18. The molecule has 0 saturated heterocycles. The Morgan fingerprint density at radius 2 is 1.91 bits per heavy atom. The molecule has 2 aromatic heterocycles. The zero-order chi connectivity index (χ0) is 23.2. The maximum Gasteiger partial charge on any atom is 0.251 e. The lowest BCUT2D eigenvalue weighted by atomic mass is 9.88. The third-order valence-corrected chi connectivity index (χ3v) is 6.26. The van der Waals surface area contributed by atoms with Gasteiger partial charge in [0.2, 0.25) is 0 Å². The number of aromatic nitrogens is 2. The van der Waals surface area contributed by atoms with E-state index >= 15 is 0 Å². The molecule has 166 valence electrons. The number of H-pyrrole nitrogens is 1. The number of carbonyl (C=O) groups is 1. The number of rotatable bonds is 5. The molecule has 1 aliphatic rings. The first-order valence-electron chi connectivity index (χ1n) is 11.1. The van der Waals surface area contributed by atoms with E-state index in [0.717, 1.165) is 51.4 Å². The van der Waals surface area contributed by atoms with E-state index in [2.05, 4.69) is 23.8 Å². The number of Topliss-reactive ketones (excluding diaryl/α,β-unsaturated/α-hetero) is 1. The quantitative estimate of drug-likeness (QED) is 0.565. The van der Waals surface area contributed by atoms with Gasteiger partial charge in [0.05, 0.1) is 0 Å². The summed E-state index contributed by atoms with van der Waals surface area (Å²) >= 11 is 0. The SMILES string of the molecule is Cc1ccc(-c2cc(C(=O)CCc3c(C)cc(C)[nH]c3=O)c(C)c3c2OC(C)(C)C3)cn1. The number of aryl methyl sites for hydroxylation is 3. The molecule has 3 heterocycles. The second-order valence-corrected chi connectivity index (χ2v) is 9.50. The molecule has 0 radical (unpaired) electrons. The highest BCUT2D eigenvalue weighted by atomic mass is 16.5. The topological polar surface area (TPSA) is 72.0 Å². The summed E-state index contributed by atoms with van der Waals surface area (Å²) < 4.78 is 6.31. The fourth-order valence-electron chi connectivity index (χ4n) is 4.58. The maximum atomic E-state index is 13.4. The summed E-state index contributed by atoms with van der Waals surface area (Å²) in [6.07, 6.45) is 3.28. The van der Waals surface area contributed by atoms with Gasteiger partial charge in [0, 0.05) is 58.2 Å². The highest BCUT2D eigenvalue weighted by Gasteiger charge is 2.35. The van der Waals surface area contributed by atoms with Gasteiger partial charge in [-0.05, 0) is 77.3 Å². The molecular weight excluding hydrogens is 400 g/mol. The molecule has 1 N–H and O–H groups in total. The molecule has 5 heteroatoms. The van der Waals surface area contributed by atoms with Crippen molar-refractivity contribution < 1.29 is 9.53 Å². The molecule has 1 aromatic carbocycles. The number of aromatic amines is 1. The van der Waals surface area contributed by atoms with Crippen LogP contribution in [-0.4, -0.2) is 21.4 Å². The van der Waals surface area contributed by atoms with E-state index in [1.54, 1.807) is 0 Å². The molecule has 0 saturated carbocycles. The van der Waals surface area contributed by atoms with Gasteiger partial charge in [-0.3, -0.25) is 14.6 Å². The Kier molecular flexibility index (Phi) is 5.53. The summed E-state index contributed by atoms with van der Waals surface area (Å²) in [5.41, 5.74) is 7.51. The third kappa shape index (κ3) is 4.12. The molecule has 0 spiro atoms. The molecule has 0 fully saturated rings. The Morgan fingerprint density at radius 1 is 1.16 bits per heavy atom. The van der Waals surface area contributed by atoms with Crippen LogP contribution in [0.5, 0.6) is 5.75 Å². The minimum atomic E-state index is -0.325. The third-order valence-electron chi connectivity index (χ3n) is 6.26. The molecule has 5 nitrogen and oxygen atoms in total. The van der Waals surface area contributed by atoms with Crippen LogP contribution in [0.25, 0.3) is 11.1 Å². The summed E-state index contributed by atoms with van der Waals surface area (Å²) in [6, 6.07) is 7.88. The number of ketones is 1. The van der Waals surface area contributed by atoms with Crippen LogP contribution in [0.15, 0.2) is 35.3 Å². The van der Waals surface area contributed by atoms with Gasteiger partial charge < -0.3 is 9.72 Å². The van der Waals surface area contributed by atoms with Crippen molar-refractivity contribution in [2.75, 3.05) is 0 Å². The van der Waals surface area contributed by atoms with E-state index in [9.17, 15) is 9.59 Å². The van der Waals surface area contributed by atoms with Gasteiger partial charge in [-0.25, -0.2) is 0 Å². The van der Waals surface area contributed by atoms with Crippen molar-refractivity contribution in [3.8, 4) is 16.9 Å². The van der Waals surface area contributed by atoms with E-state index in [0.29, 0.717) is 17.5 Å². The van der Waals surface area contributed by atoms with E-state index in [1.807, 2.05) is 58.2 Å². The lowest BCUT2D eigenvalue weighted by Crippen LogP contribution is -2.24. The van der Waals surface area contributed by atoms with E-state index in [4.69, 9.17) is 4.74 Å². The first-order valence-corrected chi connectivity index (χ1v) is 11.1. The van der Waals surface area contributed by atoms with Crippen LogP contribution in [-0.2, 0) is 12.8 Å². The molecule has 3 aromatic rings. The molecule has 1 aliphatic heterocycles. The summed E-state index contributed by atoms with van der Waals surface area (Å²) in [5, 5.41) is 0. The van der Waals surface area contributed by atoms with E-state index in [-0.39, 0.29) is 23.4 Å². The fraction of sp³-hybridized carbons (Fsp3) is 0.370. The summed E-state index contributed by atoms with van der Waals surface area (Å²) in [7, 11) is 0. The van der Waals surface area contributed by atoms with Crippen molar-refractivity contribution in [1.82, 2.24) is 9.97 Å². The number of ether oxygens (including phenoxy) is 1. The van der Waals surface area contributed by atoms with Crippen LogP contribution < -0.4 is 10.3 Å². The maximum absolute atomic E-state index is 13.4. The Balaban J connectivity index is 1.73. The predicted molar refractivity (Wildman–Crippen MR) is 127 cm³/mol. The van der Waals surface area contributed by atoms with Crippen LogP contribution >= 0.6 is 0 Å². The van der Waals surface area contributed by atoms with Gasteiger partial charge in [0.25, 0.3) is 5.56 Å². The van der Waals surface area contributed by atoms with Crippen LogP contribution in [0, 0.1) is 27.7 Å². The zero-order valence-corrected chi connectivity index (χ0v) is 19.7. The Labute approximate surface area is 188 Å². The number of hydrogen-bond acceptors (Lipinski definition) is 4. The second kappa shape index (κ2) is 8.05. The van der Waals surface area contributed by atoms with Crippen molar-refractivity contribution in [3.05, 3.63) is 80.0 Å². The van der Waals surface area contributed by atoms with Gasteiger partial charge in [0.1, 0.15) is 11.4 Å². The number of hydrogen-bond donors (Lipinski definition) is 1. The number of nitrogens with one attached hydrogen (secondary N) is 1. The number of benzene rings is 1. The summed E-state index contributed by atoms with van der Waals surface area (Å²) in [6.45, 7) is 11.9. The standard InChI is InChI=1S/C27H30N2O3/c1-15-11-17(3)29-26(31)20(15)9-10-24(30)21-12-22(19-8-7-16(2)28-14-19)25-23(18(21)4)13-27(5,6)32-25/h7-8,11-12,14H,9-10,13H2,1-6H3,(H,29,31). The average molecular weight is 431 g/mol. The normalized spacial score (nSPS) is 14.2. The molecule has 0 bridgehead atoms. The van der Waals surface area contributed by atoms with Crippen molar-refractivity contribution in [1.29, 1.82) is 0 Å². The van der Waals surface area contributed by atoms with Gasteiger partial charge in [0.15, 0.2) is 5.78 Å². The van der Waals surface area contributed by atoms with Gasteiger partial charge in [-0.2, -0.15) is 0 Å². The van der Waals surface area contributed by atoms with E-state index in [1.165, 1.54) is 0 Å². The number of pyridine rings is 2. The zero-order valence-electron chi connectivity index (χ0n) is 19.7. The van der Waals surface area contributed by atoms with Crippen LogP contribution in [0.4, 0.5) is 0 Å². The highest BCUT2D eigenvalue weighted by Crippen LogP contribution is 2.45. The highest BCUT2D eigenvalue weighted by molar-refractivity contribution is 6.00. The molecule has 0 amide bonds. The van der Waals surface area contributed by atoms with Crippen molar-refractivity contribution in [3.63, 3.8) is 0 Å². The number of fused-ring (bicyclic) bond motifs is 1. The van der Waals surface area contributed by atoms with Crippen LogP contribution in [0.3, 0.4) is 0 Å². The first kappa shape index (κ1) is 22.0. The van der Waals surface area contributed by atoms with Crippen molar-refractivity contribution in [2.45, 2.75) is 66.4 Å². The molecule has 0 atom stereocenters. The van der Waals surface area contributed by atoms with E-state index < -0.39 is 0 Å². The van der Waals surface area contributed by atoms with Crippen molar-refractivity contribution in [2.24, 2.45) is 0 Å². The van der Waals surface area contributed by atoms with Gasteiger partial charge in [-0.15, -0.1) is 0 Å². The number of nitrogens with zero attached hydrogens (tertiary/aromatic N) is 1. The smallest absolute Gasteiger partial charge is 0.251 e. The Hall–Kier alpha value is -3.21. The molecule has 0 aliphatic carbocycles. The number of carbonyl (C=O) groups excluding carboxylic acids is 1. The molecule has 4 rings (SSSR count). The first-order chi connectivity index (χ1) is 15.1. The Bertz CT molecular complexity index is 1270. The second-order valence-electron chi connectivity index (χ2n) is 9.50. The molecule has 0 unspecified atom stereocenters. The predicted octanol–water partition coefficient (Wildman–Crippen LogP) is 5.20. The molecular formula is C27H30N2O3. The summed E-state index contributed by atoms with van der Waals surface area (Å²) in [4.78, 5) is 33.0. The average Bonchev–Trinajstić information content (AvgIpc) is 3.04. The van der Waals surface area contributed by atoms with Crippen LogP contribution in [0.1, 0.15) is 64.3 Å². The van der Waals surface area contributed by atoms with Gasteiger partial charge >= 0.3 is 0 Å². The van der Waals surface area contributed by atoms with Gasteiger partial charge in [-0.1, -0.05) is 6.07 Å². The minimum absolute atomic E-state index is 0.0377. The monoisotopic (exact) mass is 430 g/mol. The molecule has 32 heavy (non-hydrogen) atoms. The van der Waals surface area contributed by atoms with Crippen molar-refractivity contribution >= 4 is 5.78 Å². The lowest BCUT2D eigenvalue weighted by molar-refractivity contribution is 0.0982. The summed E-state index contributed by atoms with van der Waals surface area (Å²) in [5.74, 6) is 0.885. The Morgan fingerprint density at radius 3 is 2.56 bits per heavy atom. The minimum Gasteiger partial charge on any atom is -0.487 e. The largest absolute Gasteiger partial charge is 0.487 e. The fourth-order valence-corrected chi connectivity index (χ4v) is 4.58. The van der Waals surface area contributed by atoms with Crippen LogP contribution in [0.2, 0.25) is 0 Å².